The van der Waals surface area contributed by atoms with Crippen molar-refractivity contribution in [3.05, 3.63) is 48.2 Å². The first kappa shape index (κ1) is 13.2. The quantitative estimate of drug-likeness (QED) is 0.719. The molecule has 0 atom stereocenters. The average molecular weight is 281 g/mol. The van der Waals surface area contributed by atoms with E-state index in [4.69, 9.17) is 4.74 Å². The Morgan fingerprint density at radius 3 is 2.67 bits per heavy atom. The lowest BCUT2D eigenvalue weighted by atomic mass is 9.95. The number of phenolic OH excluding ortho intramolecular Hbond substituents is 1. The summed E-state index contributed by atoms with van der Waals surface area (Å²) in [6.07, 6.45) is 1.83. The van der Waals surface area contributed by atoms with E-state index in [1.807, 2.05) is 30.5 Å². The molecule has 1 aromatic heterocycles. The van der Waals surface area contributed by atoms with E-state index in [1.165, 1.54) is 20.1 Å². The molecular formula is C17H15NO3. The van der Waals surface area contributed by atoms with Gasteiger partial charge in [-0.3, -0.25) is 4.79 Å². The SMILES string of the molecule is COc1c(O)ccc(C(C)=O)c1-c1c[nH]c2ccccc12. The van der Waals surface area contributed by atoms with Crippen LogP contribution in [0.15, 0.2) is 42.6 Å². The van der Waals surface area contributed by atoms with E-state index in [1.54, 1.807) is 6.07 Å². The minimum atomic E-state index is -0.0754. The van der Waals surface area contributed by atoms with Crippen molar-refractivity contribution in [2.45, 2.75) is 6.92 Å². The third-order valence-electron chi connectivity index (χ3n) is 3.58. The highest BCUT2D eigenvalue weighted by molar-refractivity contribution is 6.07. The monoisotopic (exact) mass is 281 g/mol. The number of nitrogens with one attached hydrogen (secondary N) is 1. The van der Waals surface area contributed by atoms with Crippen molar-refractivity contribution in [2.24, 2.45) is 0 Å². The summed E-state index contributed by atoms with van der Waals surface area (Å²) >= 11 is 0. The van der Waals surface area contributed by atoms with Crippen LogP contribution in [0.1, 0.15) is 17.3 Å². The zero-order valence-corrected chi connectivity index (χ0v) is 11.8. The van der Waals surface area contributed by atoms with Crippen LogP contribution in [-0.2, 0) is 0 Å². The maximum Gasteiger partial charge on any atom is 0.169 e. The lowest BCUT2D eigenvalue weighted by Crippen LogP contribution is -1.99. The van der Waals surface area contributed by atoms with Gasteiger partial charge >= 0.3 is 0 Å². The molecule has 0 radical (unpaired) electrons. The van der Waals surface area contributed by atoms with E-state index in [9.17, 15) is 9.90 Å². The first-order valence-corrected chi connectivity index (χ1v) is 6.61. The number of ether oxygens (including phenoxy) is 1. The lowest BCUT2D eigenvalue weighted by Gasteiger charge is -2.13. The van der Waals surface area contributed by atoms with Gasteiger partial charge in [-0.25, -0.2) is 0 Å². The van der Waals surface area contributed by atoms with Crippen molar-refractivity contribution in [3.63, 3.8) is 0 Å². The van der Waals surface area contributed by atoms with Crippen LogP contribution in [0.5, 0.6) is 11.5 Å². The van der Waals surface area contributed by atoms with Crippen molar-refractivity contribution >= 4 is 16.7 Å². The Morgan fingerprint density at radius 2 is 1.95 bits per heavy atom. The van der Waals surface area contributed by atoms with E-state index in [-0.39, 0.29) is 11.5 Å². The molecule has 0 aliphatic heterocycles. The normalized spacial score (nSPS) is 10.8. The Morgan fingerprint density at radius 1 is 1.19 bits per heavy atom. The second-order valence-corrected chi connectivity index (χ2v) is 4.84. The Kier molecular flexibility index (Phi) is 3.14. The van der Waals surface area contributed by atoms with Gasteiger partial charge in [-0.15, -0.1) is 0 Å². The molecule has 0 saturated heterocycles. The van der Waals surface area contributed by atoms with Gasteiger partial charge in [0.2, 0.25) is 0 Å². The number of benzene rings is 2. The van der Waals surface area contributed by atoms with Gasteiger partial charge in [0.25, 0.3) is 0 Å². The molecule has 4 nitrogen and oxygen atoms in total. The van der Waals surface area contributed by atoms with Crippen LogP contribution in [0.4, 0.5) is 0 Å². The van der Waals surface area contributed by atoms with Crippen molar-refractivity contribution in [1.82, 2.24) is 4.98 Å². The zero-order valence-electron chi connectivity index (χ0n) is 11.8. The predicted molar refractivity (Wildman–Crippen MR) is 82.0 cm³/mol. The van der Waals surface area contributed by atoms with Crippen molar-refractivity contribution in [2.75, 3.05) is 7.11 Å². The number of rotatable bonds is 3. The highest BCUT2D eigenvalue weighted by Crippen LogP contribution is 2.42. The van der Waals surface area contributed by atoms with Crippen molar-refractivity contribution < 1.29 is 14.6 Å². The molecule has 1 heterocycles. The number of para-hydroxylation sites is 1. The smallest absolute Gasteiger partial charge is 0.169 e. The number of carbonyl (C=O) groups is 1. The minimum Gasteiger partial charge on any atom is -0.504 e. The molecule has 0 bridgehead atoms. The first-order chi connectivity index (χ1) is 10.1. The molecule has 0 amide bonds. The number of hydrogen-bond acceptors (Lipinski definition) is 3. The van der Waals surface area contributed by atoms with Gasteiger partial charge in [0, 0.05) is 33.8 Å². The summed E-state index contributed by atoms with van der Waals surface area (Å²) < 4.78 is 5.32. The number of aromatic amines is 1. The van der Waals surface area contributed by atoms with E-state index in [2.05, 4.69) is 4.98 Å². The summed E-state index contributed by atoms with van der Waals surface area (Å²) in [4.78, 5) is 15.1. The molecule has 21 heavy (non-hydrogen) atoms. The highest BCUT2D eigenvalue weighted by Gasteiger charge is 2.20. The fraction of sp³-hybridized carbons (Fsp3) is 0.118. The molecular weight excluding hydrogens is 266 g/mol. The third-order valence-corrected chi connectivity index (χ3v) is 3.58. The van der Waals surface area contributed by atoms with E-state index < -0.39 is 0 Å². The number of phenols is 1. The number of ketones is 1. The number of aromatic hydroxyl groups is 1. The Labute approximate surface area is 122 Å². The summed E-state index contributed by atoms with van der Waals surface area (Å²) in [5, 5.41) is 11.0. The van der Waals surface area contributed by atoms with Crippen LogP contribution < -0.4 is 4.74 Å². The van der Waals surface area contributed by atoms with Crippen molar-refractivity contribution in [3.8, 4) is 22.6 Å². The molecule has 0 spiro atoms. The number of fused-ring (bicyclic) bond motifs is 1. The highest BCUT2D eigenvalue weighted by atomic mass is 16.5. The van der Waals surface area contributed by atoms with Crippen LogP contribution in [0.3, 0.4) is 0 Å². The molecule has 2 aromatic carbocycles. The maximum absolute atomic E-state index is 11.9. The molecule has 106 valence electrons. The van der Waals surface area contributed by atoms with Gasteiger partial charge in [-0.1, -0.05) is 18.2 Å². The number of Topliss-reactive ketones (excluding diaryl/α,β-unsaturated/α-hetero) is 1. The molecule has 0 aliphatic rings. The van der Waals surface area contributed by atoms with Gasteiger partial charge in [0.05, 0.1) is 7.11 Å². The van der Waals surface area contributed by atoms with Crippen LogP contribution >= 0.6 is 0 Å². The summed E-state index contributed by atoms with van der Waals surface area (Å²) in [7, 11) is 1.48. The molecule has 0 aliphatic carbocycles. The van der Waals surface area contributed by atoms with Crippen LogP contribution in [0, 0.1) is 0 Å². The van der Waals surface area contributed by atoms with Crippen LogP contribution in [-0.4, -0.2) is 23.0 Å². The summed E-state index contributed by atoms with van der Waals surface area (Å²) in [6.45, 7) is 1.50. The number of methoxy groups -OCH3 is 1. The molecule has 3 aromatic rings. The Balaban J connectivity index is 2.40. The first-order valence-electron chi connectivity index (χ1n) is 6.61. The van der Waals surface area contributed by atoms with Gasteiger partial charge in [0.15, 0.2) is 17.3 Å². The number of hydrogen-bond donors (Lipinski definition) is 2. The maximum atomic E-state index is 11.9. The molecule has 2 N–H and O–H groups in total. The molecule has 4 heteroatoms. The van der Waals surface area contributed by atoms with Gasteiger partial charge < -0.3 is 14.8 Å². The molecule has 0 unspecified atom stereocenters. The number of carbonyl (C=O) groups excluding carboxylic acids is 1. The predicted octanol–water partition coefficient (Wildman–Crippen LogP) is 3.75. The lowest BCUT2D eigenvalue weighted by molar-refractivity contribution is 0.101. The average Bonchev–Trinajstić information content (AvgIpc) is 2.90. The van der Waals surface area contributed by atoms with Crippen LogP contribution in [0.25, 0.3) is 22.0 Å². The van der Waals surface area contributed by atoms with E-state index in [0.717, 1.165) is 16.5 Å². The van der Waals surface area contributed by atoms with E-state index in [0.29, 0.717) is 16.9 Å². The summed E-state index contributed by atoms with van der Waals surface area (Å²) in [5.74, 6) is 0.254. The summed E-state index contributed by atoms with van der Waals surface area (Å²) in [5.41, 5.74) is 2.94. The van der Waals surface area contributed by atoms with Crippen molar-refractivity contribution in [1.29, 1.82) is 0 Å². The second-order valence-electron chi connectivity index (χ2n) is 4.84. The molecule has 0 fully saturated rings. The van der Waals surface area contributed by atoms with Gasteiger partial charge in [0.1, 0.15) is 0 Å². The minimum absolute atomic E-state index is 0.0165. The third kappa shape index (κ3) is 2.05. The fourth-order valence-electron chi connectivity index (χ4n) is 2.62. The Bertz CT molecular complexity index is 833. The topological polar surface area (TPSA) is 62.3 Å². The standard InChI is InChI=1S/C17H15NO3/c1-10(19)11-7-8-15(20)17(21-2)16(11)13-9-18-14-6-4-3-5-12(13)14/h3-9,18,20H,1-2H3. The zero-order chi connectivity index (χ0) is 15.0. The van der Waals surface area contributed by atoms with Crippen LogP contribution in [0.2, 0.25) is 0 Å². The van der Waals surface area contributed by atoms with E-state index >= 15 is 0 Å². The van der Waals surface area contributed by atoms with Gasteiger partial charge in [-0.05, 0) is 25.1 Å². The molecule has 3 rings (SSSR count). The molecule has 0 saturated carbocycles. The van der Waals surface area contributed by atoms with Gasteiger partial charge in [-0.2, -0.15) is 0 Å². The Hall–Kier alpha value is -2.75. The number of aromatic nitrogens is 1. The summed E-state index contributed by atoms with van der Waals surface area (Å²) in [6, 6.07) is 10.9. The number of H-pyrrole nitrogens is 1. The largest absolute Gasteiger partial charge is 0.504 e. The second kappa shape index (κ2) is 4.98. The fourth-order valence-corrected chi connectivity index (χ4v) is 2.62.